The molecule has 96 valence electrons. The molecule has 6 heteroatoms. The van der Waals surface area contributed by atoms with Gasteiger partial charge in [-0.25, -0.2) is 4.39 Å². The van der Waals surface area contributed by atoms with Crippen LogP contribution >= 0.6 is 0 Å². The first-order valence-corrected chi connectivity index (χ1v) is 5.57. The van der Waals surface area contributed by atoms with Gasteiger partial charge in [0.25, 0.3) is 5.91 Å². The molecule has 5 nitrogen and oxygen atoms in total. The highest BCUT2D eigenvalue weighted by Crippen LogP contribution is 2.15. The monoisotopic (exact) mass is 251 g/mol. The number of piperazine rings is 1. The first-order valence-electron chi connectivity index (χ1n) is 5.57. The van der Waals surface area contributed by atoms with Gasteiger partial charge in [-0.15, -0.1) is 0 Å². The third-order valence-electron chi connectivity index (χ3n) is 2.99. The standard InChI is InChI=1S/C12H14FN3O2/c1-15-4-5-16(7-11(15)17)12(18)8-2-3-9(13)10(14)6-8/h2-3,6H,4-5,7,14H2,1H3. The molecule has 1 heterocycles. The lowest BCUT2D eigenvalue weighted by molar-refractivity contribution is -0.133. The molecule has 1 aliphatic rings. The smallest absolute Gasteiger partial charge is 0.254 e. The normalized spacial score (nSPS) is 16.0. The van der Waals surface area contributed by atoms with Crippen LogP contribution in [0, 0.1) is 5.82 Å². The molecule has 1 saturated heterocycles. The lowest BCUT2D eigenvalue weighted by Gasteiger charge is -2.32. The molecule has 0 aliphatic carbocycles. The largest absolute Gasteiger partial charge is 0.396 e. The van der Waals surface area contributed by atoms with Gasteiger partial charge in [0.1, 0.15) is 12.4 Å². The van der Waals surface area contributed by atoms with E-state index >= 15 is 0 Å². The summed E-state index contributed by atoms with van der Waals surface area (Å²) >= 11 is 0. The third kappa shape index (κ3) is 2.27. The van der Waals surface area contributed by atoms with Crippen LogP contribution < -0.4 is 5.73 Å². The molecule has 2 rings (SSSR count). The van der Waals surface area contributed by atoms with Gasteiger partial charge in [0.15, 0.2) is 0 Å². The zero-order valence-electron chi connectivity index (χ0n) is 10.0. The number of benzene rings is 1. The summed E-state index contributed by atoms with van der Waals surface area (Å²) in [4.78, 5) is 26.6. The predicted molar refractivity (Wildman–Crippen MR) is 64.4 cm³/mol. The fraction of sp³-hybridized carbons (Fsp3) is 0.333. The molecule has 2 amide bonds. The van der Waals surface area contributed by atoms with Gasteiger partial charge in [-0.2, -0.15) is 0 Å². The van der Waals surface area contributed by atoms with Crippen LogP contribution in [0.3, 0.4) is 0 Å². The fourth-order valence-corrected chi connectivity index (χ4v) is 1.79. The van der Waals surface area contributed by atoms with Crippen molar-refractivity contribution in [1.82, 2.24) is 9.80 Å². The van der Waals surface area contributed by atoms with Crippen molar-refractivity contribution in [2.24, 2.45) is 0 Å². The minimum absolute atomic E-state index is 0.0482. The predicted octanol–water partition coefficient (Wildman–Crippen LogP) is 0.322. The summed E-state index contributed by atoms with van der Waals surface area (Å²) in [5, 5.41) is 0. The molecular weight excluding hydrogens is 237 g/mol. The molecule has 0 radical (unpaired) electrons. The van der Waals surface area contributed by atoms with E-state index in [4.69, 9.17) is 5.73 Å². The number of hydrogen-bond acceptors (Lipinski definition) is 3. The second-order valence-electron chi connectivity index (χ2n) is 4.28. The number of nitrogen functional groups attached to an aromatic ring is 1. The molecule has 0 unspecified atom stereocenters. The molecular formula is C12H14FN3O2. The maximum Gasteiger partial charge on any atom is 0.254 e. The Morgan fingerprint density at radius 1 is 1.39 bits per heavy atom. The summed E-state index contributed by atoms with van der Waals surface area (Å²) in [6.45, 7) is 1.02. The van der Waals surface area contributed by atoms with Crippen molar-refractivity contribution in [2.75, 3.05) is 32.4 Å². The lowest BCUT2D eigenvalue weighted by Crippen LogP contribution is -2.50. The van der Waals surface area contributed by atoms with Crippen molar-refractivity contribution in [1.29, 1.82) is 0 Å². The minimum Gasteiger partial charge on any atom is -0.396 e. The average Bonchev–Trinajstić information content (AvgIpc) is 2.35. The van der Waals surface area contributed by atoms with Crippen LogP contribution in [0.4, 0.5) is 10.1 Å². The van der Waals surface area contributed by atoms with E-state index in [1.54, 1.807) is 11.9 Å². The Bertz CT molecular complexity index is 504. The van der Waals surface area contributed by atoms with Gasteiger partial charge in [0.2, 0.25) is 5.91 Å². The Morgan fingerprint density at radius 3 is 2.72 bits per heavy atom. The highest BCUT2D eigenvalue weighted by molar-refractivity contribution is 5.97. The number of anilines is 1. The zero-order valence-corrected chi connectivity index (χ0v) is 10.0. The van der Waals surface area contributed by atoms with E-state index in [0.717, 1.165) is 6.07 Å². The number of carbonyl (C=O) groups is 2. The van der Waals surface area contributed by atoms with E-state index < -0.39 is 5.82 Å². The van der Waals surface area contributed by atoms with Gasteiger partial charge in [-0.1, -0.05) is 0 Å². The molecule has 0 atom stereocenters. The molecule has 1 fully saturated rings. The van der Waals surface area contributed by atoms with Gasteiger partial charge in [0.05, 0.1) is 5.69 Å². The summed E-state index contributed by atoms with van der Waals surface area (Å²) in [6, 6.07) is 3.82. The van der Waals surface area contributed by atoms with E-state index in [0.29, 0.717) is 18.7 Å². The Kier molecular flexibility index (Phi) is 3.18. The number of hydrogen-bond donors (Lipinski definition) is 1. The number of nitrogens with zero attached hydrogens (tertiary/aromatic N) is 2. The molecule has 0 bridgehead atoms. The minimum atomic E-state index is -0.555. The SMILES string of the molecule is CN1CCN(C(=O)c2ccc(F)c(N)c2)CC1=O. The van der Waals surface area contributed by atoms with Crippen LogP contribution in [0.2, 0.25) is 0 Å². The quantitative estimate of drug-likeness (QED) is 0.731. The number of carbonyl (C=O) groups excluding carboxylic acids is 2. The zero-order chi connectivity index (χ0) is 13.3. The third-order valence-corrected chi connectivity index (χ3v) is 2.99. The Hall–Kier alpha value is -2.11. The molecule has 1 aromatic rings. The van der Waals surface area contributed by atoms with E-state index in [1.165, 1.54) is 17.0 Å². The van der Waals surface area contributed by atoms with E-state index in [9.17, 15) is 14.0 Å². The highest BCUT2D eigenvalue weighted by Gasteiger charge is 2.25. The Morgan fingerprint density at radius 2 is 2.11 bits per heavy atom. The molecule has 2 N–H and O–H groups in total. The van der Waals surface area contributed by atoms with Crippen LogP contribution in [0.1, 0.15) is 10.4 Å². The topological polar surface area (TPSA) is 66.6 Å². The second kappa shape index (κ2) is 4.64. The average molecular weight is 251 g/mol. The maximum absolute atomic E-state index is 13.0. The first-order chi connectivity index (χ1) is 8.49. The van der Waals surface area contributed by atoms with Gasteiger partial charge >= 0.3 is 0 Å². The Labute approximate surface area is 104 Å². The maximum atomic E-state index is 13.0. The summed E-state index contributed by atoms with van der Waals surface area (Å²) in [6.07, 6.45) is 0. The van der Waals surface area contributed by atoms with Crippen LogP contribution in [0.5, 0.6) is 0 Å². The summed E-state index contributed by atoms with van der Waals surface area (Å²) in [7, 11) is 1.69. The van der Waals surface area contributed by atoms with Gasteiger partial charge in [-0.3, -0.25) is 9.59 Å². The molecule has 1 aromatic carbocycles. The molecule has 1 aliphatic heterocycles. The number of rotatable bonds is 1. The van der Waals surface area contributed by atoms with E-state index in [-0.39, 0.29) is 24.0 Å². The second-order valence-corrected chi connectivity index (χ2v) is 4.28. The van der Waals surface area contributed by atoms with Crippen LogP contribution in [-0.2, 0) is 4.79 Å². The van der Waals surface area contributed by atoms with Crippen molar-refractivity contribution in [2.45, 2.75) is 0 Å². The molecule has 0 saturated carbocycles. The van der Waals surface area contributed by atoms with Crippen molar-refractivity contribution >= 4 is 17.5 Å². The van der Waals surface area contributed by atoms with Crippen molar-refractivity contribution in [3.8, 4) is 0 Å². The van der Waals surface area contributed by atoms with Gasteiger partial charge < -0.3 is 15.5 Å². The summed E-state index contributed by atoms with van der Waals surface area (Å²) in [5.74, 6) is -0.964. The molecule has 0 aromatic heterocycles. The van der Waals surface area contributed by atoms with Crippen molar-refractivity contribution < 1.29 is 14.0 Å². The number of amides is 2. The summed E-state index contributed by atoms with van der Waals surface area (Å²) in [5.41, 5.74) is 5.65. The summed E-state index contributed by atoms with van der Waals surface area (Å²) < 4.78 is 13.0. The van der Waals surface area contributed by atoms with Crippen LogP contribution in [-0.4, -0.2) is 48.3 Å². The van der Waals surface area contributed by atoms with Gasteiger partial charge in [0, 0.05) is 25.7 Å². The van der Waals surface area contributed by atoms with Crippen molar-refractivity contribution in [3.05, 3.63) is 29.6 Å². The van der Waals surface area contributed by atoms with Crippen molar-refractivity contribution in [3.63, 3.8) is 0 Å². The van der Waals surface area contributed by atoms with E-state index in [1.807, 2.05) is 0 Å². The fourth-order valence-electron chi connectivity index (χ4n) is 1.79. The number of likely N-dealkylation sites (N-methyl/N-ethyl adjacent to an activating group) is 1. The lowest BCUT2D eigenvalue weighted by atomic mass is 10.1. The van der Waals surface area contributed by atoms with E-state index in [2.05, 4.69) is 0 Å². The number of nitrogens with two attached hydrogens (primary N) is 1. The molecule has 0 spiro atoms. The van der Waals surface area contributed by atoms with Gasteiger partial charge in [-0.05, 0) is 18.2 Å². The van der Waals surface area contributed by atoms with Crippen LogP contribution in [0.25, 0.3) is 0 Å². The van der Waals surface area contributed by atoms with Crippen LogP contribution in [0.15, 0.2) is 18.2 Å². The highest BCUT2D eigenvalue weighted by atomic mass is 19.1. The Balaban J connectivity index is 2.16. The molecule has 18 heavy (non-hydrogen) atoms. The number of halogens is 1. The first kappa shape index (κ1) is 12.3.